The molecule has 0 spiro atoms. The van der Waals surface area contributed by atoms with Crippen molar-refractivity contribution in [3.63, 3.8) is 0 Å². The van der Waals surface area contributed by atoms with Gasteiger partial charge in [-0.1, -0.05) is 54.6 Å². The summed E-state index contributed by atoms with van der Waals surface area (Å²) in [5.74, 6) is 0.290. The fourth-order valence-electron chi connectivity index (χ4n) is 2.46. The van der Waals surface area contributed by atoms with Crippen molar-refractivity contribution in [3.05, 3.63) is 95.6 Å². The maximum atomic E-state index is 12.7. The number of amidine groups is 1. The average Bonchev–Trinajstić information content (AvgIpc) is 2.65. The minimum Gasteiger partial charge on any atom is -0.339 e. The molecule has 1 N–H and O–H groups in total. The monoisotopic (exact) mass is 364 g/mol. The van der Waals surface area contributed by atoms with Crippen LogP contribution in [0.4, 0.5) is 5.69 Å². The van der Waals surface area contributed by atoms with E-state index in [0.717, 1.165) is 11.3 Å². The molecule has 0 saturated heterocycles. The molecular weight excluding hydrogens is 344 g/mol. The standard InChI is InChI=1S/C21H20N2O2S/c1-16-13-14-19(15-17(16)2)22-21(18-9-5-3-6-10-18)23-26(24,25)20-11-7-4-8-12-20/h3-15H,1-2H3,(H,22,23). The van der Waals surface area contributed by atoms with E-state index in [4.69, 9.17) is 0 Å². The molecule has 4 nitrogen and oxygen atoms in total. The van der Waals surface area contributed by atoms with Gasteiger partial charge in [-0.15, -0.1) is 4.40 Å². The molecule has 0 aliphatic heterocycles. The minimum absolute atomic E-state index is 0.162. The molecule has 0 saturated carbocycles. The Kier molecular flexibility index (Phi) is 5.19. The Hall–Kier alpha value is -2.92. The fraction of sp³-hybridized carbons (Fsp3) is 0.0952. The van der Waals surface area contributed by atoms with Crippen LogP contribution in [0, 0.1) is 13.8 Å². The van der Waals surface area contributed by atoms with Crippen molar-refractivity contribution >= 4 is 21.5 Å². The molecule has 3 aromatic rings. The van der Waals surface area contributed by atoms with Crippen LogP contribution in [0.15, 0.2) is 88.2 Å². The van der Waals surface area contributed by atoms with Crippen LogP contribution in [0.2, 0.25) is 0 Å². The molecule has 0 aromatic heterocycles. The molecule has 132 valence electrons. The molecule has 26 heavy (non-hydrogen) atoms. The van der Waals surface area contributed by atoms with E-state index < -0.39 is 10.0 Å². The van der Waals surface area contributed by atoms with Gasteiger partial charge in [-0.25, -0.2) is 0 Å². The smallest absolute Gasteiger partial charge is 0.284 e. The van der Waals surface area contributed by atoms with E-state index in [9.17, 15) is 8.42 Å². The number of sulfonamides is 1. The second-order valence-electron chi connectivity index (χ2n) is 6.02. The van der Waals surface area contributed by atoms with Crippen LogP contribution in [-0.2, 0) is 10.0 Å². The minimum atomic E-state index is -3.82. The second-order valence-corrected chi connectivity index (χ2v) is 7.62. The summed E-state index contributed by atoms with van der Waals surface area (Å²) in [6.45, 7) is 4.05. The number of hydrogen-bond donors (Lipinski definition) is 1. The lowest BCUT2D eigenvalue weighted by atomic mass is 10.1. The molecule has 0 bridgehead atoms. The van der Waals surface area contributed by atoms with Crippen LogP contribution in [0.25, 0.3) is 0 Å². The Bertz CT molecular complexity index is 1030. The third kappa shape index (κ3) is 4.18. The largest absolute Gasteiger partial charge is 0.339 e. The molecule has 0 atom stereocenters. The third-order valence-electron chi connectivity index (χ3n) is 4.07. The number of nitrogens with zero attached hydrogens (tertiary/aromatic N) is 1. The molecule has 0 aliphatic carbocycles. The van der Waals surface area contributed by atoms with Crippen LogP contribution in [0.1, 0.15) is 16.7 Å². The predicted octanol–water partition coefficient (Wildman–Crippen LogP) is 4.55. The SMILES string of the molecule is Cc1ccc(N/C(=N\S(=O)(=O)c2ccccc2)c2ccccc2)cc1C. The summed E-state index contributed by atoms with van der Waals surface area (Å²) in [5.41, 5.74) is 3.78. The zero-order valence-electron chi connectivity index (χ0n) is 14.7. The normalized spacial score (nSPS) is 12.0. The predicted molar refractivity (Wildman–Crippen MR) is 106 cm³/mol. The number of nitrogens with one attached hydrogen (secondary N) is 1. The van der Waals surface area contributed by atoms with Gasteiger partial charge in [0.15, 0.2) is 5.84 Å². The Labute approximate surface area is 154 Å². The highest BCUT2D eigenvalue weighted by atomic mass is 32.2. The topological polar surface area (TPSA) is 58.5 Å². The van der Waals surface area contributed by atoms with E-state index in [1.165, 1.54) is 17.7 Å². The fourth-order valence-corrected chi connectivity index (χ4v) is 3.46. The van der Waals surface area contributed by atoms with Gasteiger partial charge >= 0.3 is 0 Å². The van der Waals surface area contributed by atoms with Gasteiger partial charge < -0.3 is 5.32 Å². The lowest BCUT2D eigenvalue weighted by Crippen LogP contribution is -2.16. The molecule has 3 aromatic carbocycles. The van der Waals surface area contributed by atoms with Crippen molar-refractivity contribution in [2.45, 2.75) is 18.7 Å². The maximum absolute atomic E-state index is 12.7. The Morgan fingerprint density at radius 2 is 1.42 bits per heavy atom. The second kappa shape index (κ2) is 7.54. The summed E-state index contributed by atoms with van der Waals surface area (Å²) in [6, 6.07) is 23.3. The van der Waals surface area contributed by atoms with Crippen molar-refractivity contribution in [2.24, 2.45) is 4.40 Å². The van der Waals surface area contributed by atoms with Crippen molar-refractivity contribution in [3.8, 4) is 0 Å². The summed E-state index contributed by atoms with van der Waals surface area (Å²) in [4.78, 5) is 0.162. The first-order valence-electron chi connectivity index (χ1n) is 8.25. The van der Waals surface area contributed by atoms with Crippen LogP contribution >= 0.6 is 0 Å². The molecule has 3 rings (SSSR count). The highest BCUT2D eigenvalue weighted by molar-refractivity contribution is 7.90. The van der Waals surface area contributed by atoms with Crippen molar-refractivity contribution in [1.82, 2.24) is 0 Å². The number of anilines is 1. The Morgan fingerprint density at radius 1 is 0.808 bits per heavy atom. The van der Waals surface area contributed by atoms with Crippen LogP contribution < -0.4 is 5.32 Å². The number of benzene rings is 3. The van der Waals surface area contributed by atoms with E-state index in [-0.39, 0.29) is 10.7 Å². The molecule has 0 amide bonds. The summed E-state index contributed by atoms with van der Waals surface area (Å²) >= 11 is 0. The van der Waals surface area contributed by atoms with Crippen LogP contribution in [0.3, 0.4) is 0 Å². The van der Waals surface area contributed by atoms with E-state index in [0.29, 0.717) is 5.56 Å². The lowest BCUT2D eigenvalue weighted by molar-refractivity contribution is 0.598. The molecule has 0 aliphatic rings. The van der Waals surface area contributed by atoms with E-state index in [1.807, 2.05) is 62.4 Å². The molecule has 0 heterocycles. The van der Waals surface area contributed by atoms with Gasteiger partial charge in [0.25, 0.3) is 10.0 Å². The summed E-state index contributed by atoms with van der Waals surface area (Å²) < 4.78 is 29.5. The van der Waals surface area contributed by atoms with Crippen LogP contribution in [0.5, 0.6) is 0 Å². The molecule has 5 heteroatoms. The van der Waals surface area contributed by atoms with E-state index >= 15 is 0 Å². The van der Waals surface area contributed by atoms with Gasteiger partial charge in [-0.05, 0) is 49.2 Å². The van der Waals surface area contributed by atoms with Gasteiger partial charge in [0.05, 0.1) is 4.90 Å². The Balaban J connectivity index is 2.05. The highest BCUT2D eigenvalue weighted by Crippen LogP contribution is 2.18. The lowest BCUT2D eigenvalue weighted by Gasteiger charge is -2.12. The molecule has 0 unspecified atom stereocenters. The summed E-state index contributed by atoms with van der Waals surface area (Å²) in [7, 11) is -3.82. The first-order valence-corrected chi connectivity index (χ1v) is 9.69. The first-order chi connectivity index (χ1) is 12.5. The maximum Gasteiger partial charge on any atom is 0.284 e. The van der Waals surface area contributed by atoms with Gasteiger partial charge in [-0.3, -0.25) is 0 Å². The van der Waals surface area contributed by atoms with Crippen LogP contribution in [-0.4, -0.2) is 14.3 Å². The molecule has 0 radical (unpaired) electrons. The van der Waals surface area contributed by atoms with Gasteiger partial charge in [-0.2, -0.15) is 8.42 Å². The number of rotatable bonds is 4. The average molecular weight is 364 g/mol. The first kappa shape index (κ1) is 17.9. The van der Waals surface area contributed by atoms with Gasteiger partial charge in [0, 0.05) is 11.3 Å². The third-order valence-corrected chi connectivity index (χ3v) is 5.36. The van der Waals surface area contributed by atoms with E-state index in [2.05, 4.69) is 9.71 Å². The molecule has 0 fully saturated rings. The zero-order valence-corrected chi connectivity index (χ0v) is 15.5. The molecular formula is C21H20N2O2S. The number of hydrogen-bond acceptors (Lipinski definition) is 2. The van der Waals surface area contributed by atoms with Crippen molar-refractivity contribution in [1.29, 1.82) is 0 Å². The summed E-state index contributed by atoms with van der Waals surface area (Å²) in [5, 5.41) is 3.16. The summed E-state index contributed by atoms with van der Waals surface area (Å²) in [6.07, 6.45) is 0. The van der Waals surface area contributed by atoms with E-state index in [1.54, 1.807) is 18.2 Å². The van der Waals surface area contributed by atoms with Gasteiger partial charge in [0.1, 0.15) is 0 Å². The highest BCUT2D eigenvalue weighted by Gasteiger charge is 2.15. The quantitative estimate of drug-likeness (QED) is 0.546. The van der Waals surface area contributed by atoms with Gasteiger partial charge in [0.2, 0.25) is 0 Å². The zero-order chi connectivity index (χ0) is 18.6. The number of aryl methyl sites for hydroxylation is 2. The van der Waals surface area contributed by atoms with Crippen molar-refractivity contribution in [2.75, 3.05) is 5.32 Å². The Morgan fingerprint density at radius 3 is 2.04 bits per heavy atom. The van der Waals surface area contributed by atoms with Crippen molar-refractivity contribution < 1.29 is 8.42 Å².